The van der Waals surface area contributed by atoms with E-state index in [2.05, 4.69) is 0 Å². The third kappa shape index (κ3) is 2.41. The van der Waals surface area contributed by atoms with E-state index in [4.69, 9.17) is 4.74 Å². The lowest BCUT2D eigenvalue weighted by Crippen LogP contribution is -1.98. The zero-order valence-corrected chi connectivity index (χ0v) is 7.92. The number of ketones is 1. The molecule has 1 heterocycles. The van der Waals surface area contributed by atoms with Crippen LogP contribution in [0.1, 0.15) is 32.1 Å². The molecule has 1 aliphatic heterocycles. The van der Waals surface area contributed by atoms with Gasteiger partial charge in [0.25, 0.3) is 0 Å². The van der Waals surface area contributed by atoms with Gasteiger partial charge in [-0.2, -0.15) is 0 Å². The first kappa shape index (κ1) is 8.95. The molecule has 2 nitrogen and oxygen atoms in total. The van der Waals surface area contributed by atoms with Gasteiger partial charge in [0.1, 0.15) is 0 Å². The molecule has 0 amide bonds. The number of hydrogen-bond donors (Lipinski definition) is 0. The average molecular weight is 180 g/mol. The number of ether oxygens (including phenoxy) is 1. The molecule has 2 rings (SSSR count). The van der Waals surface area contributed by atoms with Gasteiger partial charge in [-0.3, -0.25) is 4.79 Å². The van der Waals surface area contributed by atoms with E-state index in [1.807, 2.05) is 6.08 Å². The summed E-state index contributed by atoms with van der Waals surface area (Å²) >= 11 is 0. The van der Waals surface area contributed by atoms with Crippen LogP contribution in [0.4, 0.5) is 0 Å². The Morgan fingerprint density at radius 2 is 2.38 bits per heavy atom. The Hall–Kier alpha value is -0.630. The van der Waals surface area contributed by atoms with E-state index >= 15 is 0 Å². The van der Waals surface area contributed by atoms with Crippen LogP contribution in [0.5, 0.6) is 0 Å². The molecule has 1 aliphatic carbocycles. The Morgan fingerprint density at radius 1 is 1.46 bits per heavy atom. The lowest BCUT2D eigenvalue weighted by atomic mass is 9.99. The van der Waals surface area contributed by atoms with Crippen molar-refractivity contribution >= 4 is 5.78 Å². The van der Waals surface area contributed by atoms with E-state index in [0.29, 0.717) is 5.78 Å². The van der Waals surface area contributed by atoms with Crippen LogP contribution in [0.25, 0.3) is 0 Å². The van der Waals surface area contributed by atoms with Crippen molar-refractivity contribution in [3.8, 4) is 0 Å². The Morgan fingerprint density at radius 3 is 3.00 bits per heavy atom. The van der Waals surface area contributed by atoms with Crippen molar-refractivity contribution in [3.05, 3.63) is 11.6 Å². The third-order valence-corrected chi connectivity index (χ3v) is 2.96. The first-order valence-electron chi connectivity index (χ1n) is 5.14. The second-order valence-corrected chi connectivity index (χ2v) is 4.04. The highest BCUT2D eigenvalue weighted by Crippen LogP contribution is 2.25. The standard InChI is InChI=1S/C11H16O2/c12-11-4-3-9(7-11)1-2-10-5-6-13-8-10/h7,10H,1-6,8H2. The molecule has 0 aromatic heterocycles. The molecule has 0 bridgehead atoms. The molecule has 0 aromatic rings. The molecule has 0 N–H and O–H groups in total. The summed E-state index contributed by atoms with van der Waals surface area (Å²) in [4.78, 5) is 10.9. The van der Waals surface area contributed by atoms with Crippen LogP contribution < -0.4 is 0 Å². The fourth-order valence-electron chi connectivity index (χ4n) is 2.05. The monoisotopic (exact) mass is 180 g/mol. The maximum Gasteiger partial charge on any atom is 0.155 e. The topological polar surface area (TPSA) is 26.3 Å². The van der Waals surface area contributed by atoms with Gasteiger partial charge in [0.05, 0.1) is 0 Å². The molecular formula is C11H16O2. The SMILES string of the molecule is O=C1C=C(CCC2CCOC2)CC1. The van der Waals surface area contributed by atoms with E-state index in [9.17, 15) is 4.79 Å². The van der Waals surface area contributed by atoms with E-state index < -0.39 is 0 Å². The molecule has 0 saturated carbocycles. The minimum Gasteiger partial charge on any atom is -0.381 e. The second-order valence-electron chi connectivity index (χ2n) is 4.04. The van der Waals surface area contributed by atoms with Crippen LogP contribution in [-0.2, 0) is 9.53 Å². The maximum atomic E-state index is 10.9. The van der Waals surface area contributed by atoms with E-state index in [0.717, 1.165) is 38.4 Å². The number of rotatable bonds is 3. The average Bonchev–Trinajstić information content (AvgIpc) is 2.71. The zero-order chi connectivity index (χ0) is 9.10. The molecule has 0 spiro atoms. The van der Waals surface area contributed by atoms with Crippen molar-refractivity contribution in [1.29, 1.82) is 0 Å². The molecule has 1 atom stereocenters. The smallest absolute Gasteiger partial charge is 0.155 e. The highest BCUT2D eigenvalue weighted by atomic mass is 16.5. The van der Waals surface area contributed by atoms with E-state index in [1.54, 1.807) is 0 Å². The Kier molecular flexibility index (Phi) is 2.79. The molecular weight excluding hydrogens is 164 g/mol. The van der Waals surface area contributed by atoms with Gasteiger partial charge >= 0.3 is 0 Å². The zero-order valence-electron chi connectivity index (χ0n) is 7.92. The fourth-order valence-corrected chi connectivity index (χ4v) is 2.05. The van der Waals surface area contributed by atoms with Crippen molar-refractivity contribution in [2.75, 3.05) is 13.2 Å². The van der Waals surface area contributed by atoms with Gasteiger partial charge < -0.3 is 4.74 Å². The Bertz CT molecular complexity index is 224. The number of carbonyl (C=O) groups excluding carboxylic acids is 1. The summed E-state index contributed by atoms with van der Waals surface area (Å²) in [5.41, 5.74) is 1.36. The number of hydrogen-bond acceptors (Lipinski definition) is 2. The fraction of sp³-hybridized carbons (Fsp3) is 0.727. The molecule has 1 saturated heterocycles. The van der Waals surface area contributed by atoms with Gasteiger partial charge in [0, 0.05) is 19.6 Å². The van der Waals surface area contributed by atoms with Crippen molar-refractivity contribution in [3.63, 3.8) is 0 Å². The Balaban J connectivity index is 1.73. The van der Waals surface area contributed by atoms with Crippen LogP contribution >= 0.6 is 0 Å². The molecule has 0 radical (unpaired) electrons. The minimum absolute atomic E-state index is 0.317. The van der Waals surface area contributed by atoms with Gasteiger partial charge in [0.15, 0.2) is 5.78 Å². The summed E-state index contributed by atoms with van der Waals surface area (Å²) in [6.07, 6.45) is 7.12. The van der Waals surface area contributed by atoms with Gasteiger partial charge in [0.2, 0.25) is 0 Å². The van der Waals surface area contributed by atoms with Crippen molar-refractivity contribution in [1.82, 2.24) is 0 Å². The molecule has 1 unspecified atom stereocenters. The third-order valence-electron chi connectivity index (χ3n) is 2.96. The normalized spacial score (nSPS) is 28.2. The minimum atomic E-state index is 0.317. The molecule has 0 aromatic carbocycles. The maximum absolute atomic E-state index is 10.9. The van der Waals surface area contributed by atoms with Gasteiger partial charge in [-0.25, -0.2) is 0 Å². The summed E-state index contributed by atoms with van der Waals surface area (Å²) in [6.45, 7) is 1.86. The summed E-state index contributed by atoms with van der Waals surface area (Å²) in [6, 6.07) is 0. The van der Waals surface area contributed by atoms with Gasteiger partial charge in [-0.05, 0) is 37.7 Å². The summed E-state index contributed by atoms with van der Waals surface area (Å²) < 4.78 is 5.31. The highest BCUT2D eigenvalue weighted by molar-refractivity contribution is 5.92. The van der Waals surface area contributed by atoms with Crippen molar-refractivity contribution in [2.24, 2.45) is 5.92 Å². The van der Waals surface area contributed by atoms with Crippen molar-refractivity contribution < 1.29 is 9.53 Å². The Labute approximate surface area is 79.0 Å². The van der Waals surface area contributed by atoms with Crippen LogP contribution in [0.15, 0.2) is 11.6 Å². The molecule has 2 heteroatoms. The summed E-state index contributed by atoms with van der Waals surface area (Å²) in [5, 5.41) is 0. The first-order chi connectivity index (χ1) is 6.34. The summed E-state index contributed by atoms with van der Waals surface area (Å²) in [7, 11) is 0. The van der Waals surface area contributed by atoms with Crippen LogP contribution in [0.3, 0.4) is 0 Å². The van der Waals surface area contributed by atoms with E-state index in [-0.39, 0.29) is 0 Å². The number of allylic oxidation sites excluding steroid dienone is 2. The molecule has 2 aliphatic rings. The number of carbonyl (C=O) groups is 1. The molecule has 72 valence electrons. The van der Waals surface area contributed by atoms with Crippen LogP contribution in [0.2, 0.25) is 0 Å². The molecule has 1 fully saturated rings. The first-order valence-corrected chi connectivity index (χ1v) is 5.14. The quantitative estimate of drug-likeness (QED) is 0.664. The predicted octanol–water partition coefficient (Wildman–Crippen LogP) is 2.09. The predicted molar refractivity (Wildman–Crippen MR) is 50.5 cm³/mol. The largest absolute Gasteiger partial charge is 0.381 e. The van der Waals surface area contributed by atoms with Gasteiger partial charge in [-0.1, -0.05) is 5.57 Å². The molecule has 13 heavy (non-hydrogen) atoms. The lowest BCUT2D eigenvalue weighted by Gasteiger charge is -2.06. The lowest BCUT2D eigenvalue weighted by molar-refractivity contribution is -0.114. The van der Waals surface area contributed by atoms with Gasteiger partial charge in [-0.15, -0.1) is 0 Å². The summed E-state index contributed by atoms with van der Waals surface area (Å²) in [5.74, 6) is 1.06. The van der Waals surface area contributed by atoms with Crippen LogP contribution in [0, 0.1) is 5.92 Å². The highest BCUT2D eigenvalue weighted by Gasteiger charge is 2.17. The van der Waals surface area contributed by atoms with Crippen molar-refractivity contribution in [2.45, 2.75) is 32.1 Å². The van der Waals surface area contributed by atoms with E-state index in [1.165, 1.54) is 18.4 Å². The second kappa shape index (κ2) is 4.05. The van der Waals surface area contributed by atoms with Crippen LogP contribution in [-0.4, -0.2) is 19.0 Å².